The fraction of sp³-hybridized carbons (Fsp3) is 0.348. The quantitative estimate of drug-likeness (QED) is 0.657. The van der Waals surface area contributed by atoms with Crippen LogP contribution in [0.15, 0.2) is 54.6 Å². The summed E-state index contributed by atoms with van der Waals surface area (Å²) >= 11 is 0. The Morgan fingerprint density at radius 3 is 1.79 bits per heavy atom. The van der Waals surface area contributed by atoms with Crippen LogP contribution in [0.3, 0.4) is 0 Å². The molecule has 2 aromatic carbocycles. The predicted octanol–water partition coefficient (Wildman–Crippen LogP) is 3.29. The maximum atomic E-state index is 11.8. The zero-order chi connectivity index (χ0) is 21.3. The van der Waals surface area contributed by atoms with E-state index in [9.17, 15) is 14.4 Å². The summed E-state index contributed by atoms with van der Waals surface area (Å²) in [6.07, 6.45) is 1.05. The minimum Gasteiger partial charge on any atom is -0.463 e. The number of amides is 1. The Morgan fingerprint density at radius 1 is 0.793 bits per heavy atom. The molecule has 1 N–H and O–H groups in total. The van der Waals surface area contributed by atoms with Crippen LogP contribution >= 0.6 is 0 Å². The number of hydrogen-bond acceptors (Lipinski definition) is 5. The van der Waals surface area contributed by atoms with Crippen LogP contribution in [0.1, 0.15) is 32.8 Å². The minimum absolute atomic E-state index is 0.0721. The van der Waals surface area contributed by atoms with Crippen molar-refractivity contribution in [2.75, 3.05) is 13.2 Å². The fourth-order valence-electron chi connectivity index (χ4n) is 3.05. The minimum atomic E-state index is -0.985. The SMILES string of the molecule is CC(=O)NC(CCc1ccc(-c2ccccc2)cc1)(COC(C)=O)COC(C)=O. The lowest BCUT2D eigenvalue weighted by molar-refractivity contribution is -0.150. The van der Waals surface area contributed by atoms with Crippen LogP contribution < -0.4 is 5.32 Å². The van der Waals surface area contributed by atoms with Gasteiger partial charge in [0.05, 0.1) is 0 Å². The highest BCUT2D eigenvalue weighted by atomic mass is 16.5. The first kappa shape index (κ1) is 22.1. The van der Waals surface area contributed by atoms with E-state index >= 15 is 0 Å². The summed E-state index contributed by atoms with van der Waals surface area (Å²) in [7, 11) is 0. The maximum Gasteiger partial charge on any atom is 0.302 e. The lowest BCUT2D eigenvalue weighted by atomic mass is 9.91. The van der Waals surface area contributed by atoms with Gasteiger partial charge in [0.1, 0.15) is 18.8 Å². The Hall–Kier alpha value is -3.15. The highest BCUT2D eigenvalue weighted by Crippen LogP contribution is 2.22. The zero-order valence-corrected chi connectivity index (χ0v) is 17.1. The predicted molar refractivity (Wildman–Crippen MR) is 110 cm³/mol. The standard InChI is InChI=1S/C23H27NO5/c1-17(25)24-23(15-28-18(2)26,16-29-19(3)27)14-13-20-9-11-22(12-10-20)21-7-5-4-6-8-21/h4-12H,13-16H2,1-3H3,(H,24,25). The molecule has 0 aliphatic carbocycles. The van der Waals surface area contributed by atoms with Crippen molar-refractivity contribution in [3.63, 3.8) is 0 Å². The Morgan fingerprint density at radius 2 is 1.31 bits per heavy atom. The number of carbonyl (C=O) groups is 3. The van der Waals surface area contributed by atoms with Crippen LogP contribution in [0.2, 0.25) is 0 Å². The number of hydrogen-bond donors (Lipinski definition) is 1. The molecular formula is C23H27NO5. The van der Waals surface area contributed by atoms with Crippen LogP contribution in [0.4, 0.5) is 0 Å². The number of nitrogens with one attached hydrogen (secondary N) is 1. The van der Waals surface area contributed by atoms with E-state index in [4.69, 9.17) is 9.47 Å². The van der Waals surface area contributed by atoms with Gasteiger partial charge in [0.15, 0.2) is 0 Å². The third-order valence-electron chi connectivity index (χ3n) is 4.50. The summed E-state index contributed by atoms with van der Waals surface area (Å²) in [5, 5.41) is 2.82. The first-order valence-electron chi connectivity index (χ1n) is 9.49. The molecule has 0 saturated heterocycles. The normalized spacial score (nSPS) is 10.9. The van der Waals surface area contributed by atoms with Crippen LogP contribution in [0.25, 0.3) is 11.1 Å². The van der Waals surface area contributed by atoms with Gasteiger partial charge in [0.25, 0.3) is 0 Å². The van der Waals surface area contributed by atoms with Gasteiger partial charge in [-0.3, -0.25) is 14.4 Å². The zero-order valence-electron chi connectivity index (χ0n) is 17.1. The second-order valence-corrected chi connectivity index (χ2v) is 7.08. The number of benzene rings is 2. The van der Waals surface area contributed by atoms with Gasteiger partial charge in [-0.25, -0.2) is 0 Å². The lowest BCUT2D eigenvalue weighted by Gasteiger charge is -2.33. The number of ether oxygens (including phenoxy) is 2. The van der Waals surface area contributed by atoms with E-state index in [1.54, 1.807) is 0 Å². The van der Waals surface area contributed by atoms with Gasteiger partial charge in [0, 0.05) is 20.8 Å². The highest BCUT2D eigenvalue weighted by molar-refractivity contribution is 5.74. The van der Waals surface area contributed by atoms with Gasteiger partial charge in [-0.2, -0.15) is 0 Å². The molecule has 0 heterocycles. The molecule has 0 bridgehead atoms. The monoisotopic (exact) mass is 397 g/mol. The van der Waals surface area contributed by atoms with E-state index in [1.165, 1.54) is 20.8 Å². The number of esters is 2. The molecule has 0 aliphatic heterocycles. The summed E-state index contributed by atoms with van der Waals surface area (Å²) in [6, 6.07) is 18.2. The average molecular weight is 397 g/mol. The Labute approximate surface area is 171 Å². The third-order valence-corrected chi connectivity index (χ3v) is 4.50. The van der Waals surface area contributed by atoms with Crippen LogP contribution in [-0.4, -0.2) is 36.6 Å². The molecule has 0 unspecified atom stereocenters. The molecule has 2 aromatic rings. The van der Waals surface area contributed by atoms with E-state index in [1.807, 2.05) is 42.5 Å². The van der Waals surface area contributed by atoms with Crippen molar-refractivity contribution >= 4 is 17.8 Å². The first-order valence-corrected chi connectivity index (χ1v) is 9.49. The molecular weight excluding hydrogens is 370 g/mol. The van der Waals surface area contributed by atoms with E-state index < -0.39 is 17.5 Å². The molecule has 2 rings (SSSR count). The fourth-order valence-corrected chi connectivity index (χ4v) is 3.05. The molecule has 0 atom stereocenters. The summed E-state index contributed by atoms with van der Waals surface area (Å²) < 4.78 is 10.3. The lowest BCUT2D eigenvalue weighted by Crippen LogP contribution is -2.55. The first-order chi connectivity index (χ1) is 13.8. The van der Waals surface area contributed by atoms with Crippen LogP contribution in [-0.2, 0) is 30.3 Å². The maximum absolute atomic E-state index is 11.8. The molecule has 1 amide bonds. The van der Waals surface area contributed by atoms with E-state index in [0.29, 0.717) is 12.8 Å². The number of carbonyl (C=O) groups excluding carboxylic acids is 3. The van der Waals surface area contributed by atoms with Gasteiger partial charge in [-0.1, -0.05) is 54.6 Å². The molecule has 0 radical (unpaired) electrons. The number of rotatable bonds is 9. The van der Waals surface area contributed by atoms with E-state index in [-0.39, 0.29) is 19.1 Å². The number of aryl methyl sites for hydroxylation is 1. The molecule has 6 nitrogen and oxygen atoms in total. The van der Waals surface area contributed by atoms with Crippen molar-refractivity contribution in [2.24, 2.45) is 0 Å². The van der Waals surface area contributed by atoms with E-state index in [2.05, 4.69) is 17.4 Å². The molecule has 0 aliphatic rings. The molecule has 154 valence electrons. The van der Waals surface area contributed by atoms with Gasteiger partial charge in [0.2, 0.25) is 5.91 Å². The molecule has 0 spiro atoms. The van der Waals surface area contributed by atoms with Crippen LogP contribution in [0.5, 0.6) is 0 Å². The average Bonchev–Trinajstić information content (AvgIpc) is 2.69. The smallest absolute Gasteiger partial charge is 0.302 e. The van der Waals surface area contributed by atoms with Crippen LogP contribution in [0, 0.1) is 0 Å². The van der Waals surface area contributed by atoms with Crippen molar-refractivity contribution in [2.45, 2.75) is 39.2 Å². The van der Waals surface area contributed by atoms with Crippen molar-refractivity contribution in [1.82, 2.24) is 5.32 Å². The summed E-state index contributed by atoms with van der Waals surface area (Å²) in [5.74, 6) is -1.21. The van der Waals surface area contributed by atoms with Gasteiger partial charge in [-0.05, 0) is 29.5 Å². The van der Waals surface area contributed by atoms with Gasteiger partial charge < -0.3 is 14.8 Å². The van der Waals surface area contributed by atoms with Gasteiger partial charge in [-0.15, -0.1) is 0 Å². The second kappa shape index (κ2) is 10.4. The third kappa shape index (κ3) is 7.41. The Bertz CT molecular complexity index is 812. The Kier molecular flexibility index (Phi) is 7.95. The van der Waals surface area contributed by atoms with Crippen molar-refractivity contribution in [1.29, 1.82) is 0 Å². The summed E-state index contributed by atoms with van der Waals surface area (Å²) in [6.45, 7) is 3.83. The summed E-state index contributed by atoms with van der Waals surface area (Å²) in [4.78, 5) is 34.4. The van der Waals surface area contributed by atoms with Crippen molar-refractivity contribution in [3.05, 3.63) is 60.2 Å². The molecule has 0 saturated carbocycles. The highest BCUT2D eigenvalue weighted by Gasteiger charge is 2.34. The molecule has 29 heavy (non-hydrogen) atoms. The van der Waals surface area contributed by atoms with Crippen molar-refractivity contribution in [3.8, 4) is 11.1 Å². The molecule has 0 fully saturated rings. The van der Waals surface area contributed by atoms with Gasteiger partial charge >= 0.3 is 11.9 Å². The Balaban J connectivity index is 2.14. The van der Waals surface area contributed by atoms with Crippen molar-refractivity contribution < 1.29 is 23.9 Å². The summed E-state index contributed by atoms with van der Waals surface area (Å²) in [5.41, 5.74) is 2.32. The van der Waals surface area contributed by atoms with E-state index in [0.717, 1.165) is 16.7 Å². The molecule has 0 aromatic heterocycles. The topological polar surface area (TPSA) is 81.7 Å². The molecule has 6 heteroatoms. The second-order valence-electron chi connectivity index (χ2n) is 7.08. The largest absolute Gasteiger partial charge is 0.463 e.